The molecule has 0 bridgehead atoms. The Bertz CT molecular complexity index is 1230. The van der Waals surface area contributed by atoms with Gasteiger partial charge in [-0.15, -0.1) is 0 Å². The molecule has 3 aromatic rings. The van der Waals surface area contributed by atoms with Crippen LogP contribution in [0.4, 0.5) is 5.69 Å². The minimum atomic E-state index is -3.76. The van der Waals surface area contributed by atoms with Crippen LogP contribution in [0, 0.1) is 0 Å². The van der Waals surface area contributed by atoms with E-state index < -0.39 is 10.0 Å². The topological polar surface area (TPSA) is 83.1 Å². The minimum absolute atomic E-state index is 0.0333. The van der Waals surface area contributed by atoms with Crippen LogP contribution < -0.4 is 23.7 Å². The first kappa shape index (κ1) is 21.8. The summed E-state index contributed by atoms with van der Waals surface area (Å²) >= 11 is 0. The van der Waals surface area contributed by atoms with Crippen LogP contribution >= 0.6 is 0 Å². The largest absolute Gasteiger partial charge is 0.494 e. The van der Waals surface area contributed by atoms with Crippen molar-refractivity contribution in [2.45, 2.75) is 23.8 Å². The van der Waals surface area contributed by atoms with Crippen LogP contribution in [0.5, 0.6) is 23.0 Å². The molecule has 3 aromatic carbocycles. The molecule has 1 N–H and O–H groups in total. The van der Waals surface area contributed by atoms with Crippen LogP contribution in [0.2, 0.25) is 0 Å². The molecule has 2 atom stereocenters. The fraction of sp³-hybridized carbons (Fsp3) is 0.250. The molecule has 0 unspecified atom stereocenters. The van der Waals surface area contributed by atoms with Crippen LogP contribution in [-0.2, 0) is 10.0 Å². The number of ether oxygens (including phenoxy) is 4. The van der Waals surface area contributed by atoms with E-state index in [1.807, 2.05) is 25.1 Å². The maximum absolute atomic E-state index is 12.8. The molecule has 1 aliphatic heterocycles. The van der Waals surface area contributed by atoms with E-state index in [0.717, 1.165) is 11.1 Å². The summed E-state index contributed by atoms with van der Waals surface area (Å²) in [5, 5.41) is 0. The number of anilines is 1. The van der Waals surface area contributed by atoms with Crippen LogP contribution in [0.25, 0.3) is 0 Å². The Morgan fingerprint density at radius 3 is 2.19 bits per heavy atom. The zero-order valence-corrected chi connectivity index (χ0v) is 19.1. The normalized spacial score (nSPS) is 17.2. The van der Waals surface area contributed by atoms with Gasteiger partial charge >= 0.3 is 0 Å². The third-order valence-corrected chi connectivity index (χ3v) is 6.95. The van der Waals surface area contributed by atoms with Crippen molar-refractivity contribution in [2.24, 2.45) is 0 Å². The molecule has 0 radical (unpaired) electrons. The second-order valence-corrected chi connectivity index (χ2v) is 9.13. The van der Waals surface area contributed by atoms with E-state index in [1.165, 1.54) is 7.11 Å². The van der Waals surface area contributed by atoms with Crippen LogP contribution in [0.3, 0.4) is 0 Å². The Morgan fingerprint density at radius 1 is 0.844 bits per heavy atom. The fourth-order valence-corrected chi connectivity index (χ4v) is 4.96. The number of fused-ring (bicyclic) bond motifs is 1. The first-order valence-electron chi connectivity index (χ1n) is 10.1. The van der Waals surface area contributed by atoms with Gasteiger partial charge < -0.3 is 18.9 Å². The first-order valence-corrected chi connectivity index (χ1v) is 11.5. The molecule has 0 spiro atoms. The Morgan fingerprint density at radius 2 is 1.53 bits per heavy atom. The molecule has 0 aliphatic carbocycles. The zero-order chi connectivity index (χ0) is 22.9. The second-order valence-electron chi connectivity index (χ2n) is 7.45. The highest BCUT2D eigenvalue weighted by molar-refractivity contribution is 7.92. The van der Waals surface area contributed by atoms with Gasteiger partial charge in [-0.25, -0.2) is 8.42 Å². The monoisotopic (exact) mass is 455 g/mol. The van der Waals surface area contributed by atoms with Crippen LogP contribution in [0.1, 0.15) is 30.1 Å². The summed E-state index contributed by atoms with van der Waals surface area (Å²) in [6, 6.07) is 17.4. The van der Waals surface area contributed by atoms with E-state index in [9.17, 15) is 8.42 Å². The summed E-state index contributed by atoms with van der Waals surface area (Å²) in [4.78, 5) is 0.176. The molecule has 1 aliphatic rings. The number of hydrogen-bond acceptors (Lipinski definition) is 6. The lowest BCUT2D eigenvalue weighted by Crippen LogP contribution is -2.13. The number of benzene rings is 3. The molecule has 168 valence electrons. The van der Waals surface area contributed by atoms with Gasteiger partial charge in [0.2, 0.25) is 0 Å². The SMILES string of the molecule is COc1cc2c(cc1NS(=O)(=O)c1ccccc1)[C@H](C)[C@@H](c1ccc(OC)c(OC)c1)O2. The van der Waals surface area contributed by atoms with Gasteiger partial charge in [-0.3, -0.25) is 4.72 Å². The quantitative estimate of drug-likeness (QED) is 0.554. The van der Waals surface area contributed by atoms with Crippen molar-refractivity contribution in [1.29, 1.82) is 0 Å². The van der Waals surface area contributed by atoms with Gasteiger partial charge in [0, 0.05) is 17.5 Å². The lowest BCUT2D eigenvalue weighted by Gasteiger charge is -2.17. The zero-order valence-electron chi connectivity index (χ0n) is 18.3. The molecule has 0 aromatic heterocycles. The average molecular weight is 456 g/mol. The van der Waals surface area contributed by atoms with Gasteiger partial charge in [0.05, 0.1) is 31.9 Å². The highest BCUT2D eigenvalue weighted by Gasteiger charge is 2.34. The van der Waals surface area contributed by atoms with Crippen molar-refractivity contribution < 1.29 is 27.4 Å². The van der Waals surface area contributed by atoms with E-state index in [4.69, 9.17) is 18.9 Å². The summed E-state index contributed by atoms with van der Waals surface area (Å²) in [7, 11) is 0.906. The lowest BCUT2D eigenvalue weighted by molar-refractivity contribution is 0.214. The van der Waals surface area contributed by atoms with Gasteiger partial charge in [0.1, 0.15) is 17.6 Å². The second kappa shape index (κ2) is 8.63. The molecule has 4 rings (SSSR count). The Hall–Kier alpha value is -3.39. The van der Waals surface area contributed by atoms with E-state index in [1.54, 1.807) is 56.7 Å². The lowest BCUT2D eigenvalue weighted by atomic mass is 9.92. The summed E-state index contributed by atoms with van der Waals surface area (Å²) in [5.41, 5.74) is 2.17. The summed E-state index contributed by atoms with van der Waals surface area (Å²) < 4.78 is 50.8. The van der Waals surface area contributed by atoms with Crippen molar-refractivity contribution in [3.8, 4) is 23.0 Å². The smallest absolute Gasteiger partial charge is 0.262 e. The number of hydrogen-bond donors (Lipinski definition) is 1. The van der Waals surface area contributed by atoms with Crippen LogP contribution in [-0.4, -0.2) is 29.7 Å². The first-order chi connectivity index (χ1) is 15.4. The average Bonchev–Trinajstić information content (AvgIpc) is 3.13. The summed E-state index contributed by atoms with van der Waals surface area (Å²) in [6.45, 7) is 2.04. The van der Waals surface area contributed by atoms with Crippen molar-refractivity contribution in [2.75, 3.05) is 26.1 Å². The van der Waals surface area contributed by atoms with Gasteiger partial charge in [0.25, 0.3) is 10.0 Å². The molecule has 0 saturated heterocycles. The molecule has 0 amide bonds. The van der Waals surface area contributed by atoms with Crippen molar-refractivity contribution in [1.82, 2.24) is 0 Å². The van der Waals surface area contributed by atoms with E-state index >= 15 is 0 Å². The van der Waals surface area contributed by atoms with Gasteiger partial charge in [-0.1, -0.05) is 31.2 Å². The van der Waals surface area contributed by atoms with Crippen molar-refractivity contribution >= 4 is 15.7 Å². The Balaban J connectivity index is 1.68. The Labute approximate surface area is 187 Å². The van der Waals surface area contributed by atoms with Gasteiger partial charge in [-0.05, 0) is 35.9 Å². The summed E-state index contributed by atoms with van der Waals surface area (Å²) in [5.74, 6) is 2.25. The van der Waals surface area contributed by atoms with E-state index in [-0.39, 0.29) is 16.9 Å². The Kier molecular flexibility index (Phi) is 5.88. The third kappa shape index (κ3) is 3.93. The molecule has 7 nitrogen and oxygen atoms in total. The van der Waals surface area contributed by atoms with Crippen molar-refractivity contribution in [3.05, 3.63) is 71.8 Å². The highest BCUT2D eigenvalue weighted by Crippen LogP contribution is 2.50. The maximum Gasteiger partial charge on any atom is 0.262 e. The molecular formula is C24H25NO6S. The molecule has 0 saturated carbocycles. The maximum atomic E-state index is 12.8. The van der Waals surface area contributed by atoms with Gasteiger partial charge in [0.15, 0.2) is 11.5 Å². The predicted octanol–water partition coefficient (Wildman–Crippen LogP) is 4.75. The molecule has 0 fully saturated rings. The minimum Gasteiger partial charge on any atom is -0.494 e. The number of sulfonamides is 1. The fourth-order valence-electron chi connectivity index (χ4n) is 3.88. The molecule has 8 heteroatoms. The highest BCUT2D eigenvalue weighted by atomic mass is 32.2. The van der Waals surface area contributed by atoms with Crippen molar-refractivity contribution in [3.63, 3.8) is 0 Å². The standard InChI is InChI=1S/C24H25NO6S/c1-15-18-13-19(25-32(26,27)17-8-6-5-7-9-17)22(29-3)14-21(18)31-24(15)16-10-11-20(28-2)23(12-16)30-4/h5-15,24-25H,1-4H3/t15-,24-/m0/s1. The summed E-state index contributed by atoms with van der Waals surface area (Å²) in [6.07, 6.45) is -0.268. The van der Waals surface area contributed by atoms with E-state index in [0.29, 0.717) is 28.7 Å². The molecule has 32 heavy (non-hydrogen) atoms. The molecule has 1 heterocycles. The number of methoxy groups -OCH3 is 3. The van der Waals surface area contributed by atoms with Gasteiger partial charge in [-0.2, -0.15) is 0 Å². The molecular weight excluding hydrogens is 430 g/mol. The van der Waals surface area contributed by atoms with E-state index in [2.05, 4.69) is 4.72 Å². The third-order valence-electron chi connectivity index (χ3n) is 5.56. The number of nitrogens with one attached hydrogen (secondary N) is 1. The number of rotatable bonds is 7. The van der Waals surface area contributed by atoms with Crippen LogP contribution in [0.15, 0.2) is 65.6 Å². The predicted molar refractivity (Wildman–Crippen MR) is 122 cm³/mol.